The lowest BCUT2D eigenvalue weighted by Gasteiger charge is -2.55. The minimum atomic E-state index is -0.303. The molecule has 0 aromatic carbocycles. The van der Waals surface area contributed by atoms with Crippen molar-refractivity contribution in [3.05, 3.63) is 23.8 Å². The summed E-state index contributed by atoms with van der Waals surface area (Å²) in [5, 5.41) is 9.91. The third kappa shape index (κ3) is 1.72. The van der Waals surface area contributed by atoms with Gasteiger partial charge < -0.3 is 5.11 Å². The second-order valence-corrected chi connectivity index (χ2v) is 8.17. The lowest BCUT2D eigenvalue weighted by molar-refractivity contribution is -0.131. The molecule has 0 bridgehead atoms. The molecule has 0 radical (unpaired) electrons. The zero-order chi connectivity index (χ0) is 14.8. The van der Waals surface area contributed by atoms with Gasteiger partial charge in [-0.1, -0.05) is 37.6 Å². The zero-order valence-corrected chi connectivity index (χ0v) is 13.1. The van der Waals surface area contributed by atoms with Gasteiger partial charge in [0.1, 0.15) is 5.78 Å². The number of rotatable bonds is 0. The Labute approximate surface area is 127 Å². The van der Waals surface area contributed by atoms with Crippen LogP contribution in [0.1, 0.15) is 52.4 Å². The van der Waals surface area contributed by atoms with Crippen LogP contribution in [0.3, 0.4) is 0 Å². The summed E-state index contributed by atoms with van der Waals surface area (Å²) in [5.41, 5.74) is 1.52. The average molecular weight is 286 g/mol. The maximum atomic E-state index is 12.3. The molecule has 0 heterocycles. The number of fused-ring (bicyclic) bond motifs is 5. The van der Waals surface area contributed by atoms with E-state index in [9.17, 15) is 9.90 Å². The molecule has 6 unspecified atom stereocenters. The van der Waals surface area contributed by atoms with E-state index in [-0.39, 0.29) is 16.9 Å². The second kappa shape index (κ2) is 4.32. The highest BCUT2D eigenvalue weighted by atomic mass is 16.3. The highest BCUT2D eigenvalue weighted by molar-refractivity contribution is 5.87. The van der Waals surface area contributed by atoms with Crippen LogP contribution in [0.5, 0.6) is 0 Å². The Kier molecular flexibility index (Phi) is 2.83. The molecular formula is C19H26O2. The van der Waals surface area contributed by atoms with E-state index in [2.05, 4.69) is 26.0 Å². The van der Waals surface area contributed by atoms with Gasteiger partial charge in [-0.15, -0.1) is 0 Å². The summed E-state index contributed by atoms with van der Waals surface area (Å²) in [6.07, 6.45) is 12.4. The quantitative estimate of drug-likeness (QED) is 0.690. The van der Waals surface area contributed by atoms with E-state index in [4.69, 9.17) is 0 Å². The number of Topliss-reactive ketones (excluding diaryl/α,β-unsaturated/α-hetero) is 1. The number of allylic oxidation sites excluding steroid dienone is 2. The molecule has 0 aromatic rings. The Balaban J connectivity index is 1.72. The van der Waals surface area contributed by atoms with E-state index in [1.54, 1.807) is 0 Å². The molecule has 0 aromatic heterocycles. The van der Waals surface area contributed by atoms with E-state index >= 15 is 0 Å². The van der Waals surface area contributed by atoms with Crippen LogP contribution in [0.4, 0.5) is 0 Å². The molecule has 4 aliphatic rings. The van der Waals surface area contributed by atoms with Gasteiger partial charge in [-0.25, -0.2) is 0 Å². The minimum Gasteiger partial charge on any atom is -0.389 e. The summed E-state index contributed by atoms with van der Waals surface area (Å²) in [4.78, 5) is 12.3. The molecule has 2 saturated carbocycles. The fourth-order valence-corrected chi connectivity index (χ4v) is 6.01. The van der Waals surface area contributed by atoms with Gasteiger partial charge in [0, 0.05) is 17.3 Å². The van der Waals surface area contributed by atoms with Gasteiger partial charge in [0.05, 0.1) is 6.10 Å². The molecule has 4 aliphatic carbocycles. The third-order valence-electron chi connectivity index (χ3n) is 7.34. The number of carbonyl (C=O) groups excluding carboxylic acids is 1. The van der Waals surface area contributed by atoms with Crippen LogP contribution in [0.25, 0.3) is 0 Å². The van der Waals surface area contributed by atoms with Gasteiger partial charge in [0.25, 0.3) is 0 Å². The monoisotopic (exact) mass is 286 g/mol. The largest absolute Gasteiger partial charge is 0.389 e. The average Bonchev–Trinajstić information content (AvgIpc) is 2.76. The molecular weight excluding hydrogens is 260 g/mol. The number of aliphatic hydroxyl groups is 1. The Morgan fingerprint density at radius 1 is 1.24 bits per heavy atom. The normalized spacial score (nSPS) is 52.0. The standard InChI is InChI=1S/C19H26O2/c1-18-9-7-13(20)11-12(18)3-4-14-15-5-6-17(21)19(15,2)10-8-16(14)18/h3,7,9,13-16,20H,4-6,8,10-11H2,1-2H3. The van der Waals surface area contributed by atoms with Gasteiger partial charge in [0.2, 0.25) is 0 Å². The van der Waals surface area contributed by atoms with Crippen LogP contribution < -0.4 is 0 Å². The highest BCUT2D eigenvalue weighted by Crippen LogP contribution is 2.62. The number of aliphatic hydroxyl groups excluding tert-OH is 1. The lowest BCUT2D eigenvalue weighted by atomic mass is 9.49. The van der Waals surface area contributed by atoms with Crippen molar-refractivity contribution in [2.24, 2.45) is 28.6 Å². The van der Waals surface area contributed by atoms with Crippen molar-refractivity contribution < 1.29 is 9.90 Å². The van der Waals surface area contributed by atoms with Gasteiger partial charge >= 0.3 is 0 Å². The fourth-order valence-electron chi connectivity index (χ4n) is 6.01. The second-order valence-electron chi connectivity index (χ2n) is 8.17. The molecule has 4 rings (SSSR count). The zero-order valence-electron chi connectivity index (χ0n) is 13.1. The summed E-state index contributed by atoms with van der Waals surface area (Å²) >= 11 is 0. The molecule has 2 nitrogen and oxygen atoms in total. The van der Waals surface area contributed by atoms with Crippen LogP contribution in [-0.2, 0) is 4.79 Å². The van der Waals surface area contributed by atoms with Crippen LogP contribution >= 0.6 is 0 Å². The predicted molar refractivity (Wildman–Crippen MR) is 82.6 cm³/mol. The van der Waals surface area contributed by atoms with E-state index in [0.717, 1.165) is 38.5 Å². The third-order valence-corrected chi connectivity index (χ3v) is 7.34. The molecule has 0 amide bonds. The SMILES string of the molecule is CC12C=CC(O)CC1=CCC1C2CCC2(C)C(=O)CCC12. The van der Waals surface area contributed by atoms with Crippen molar-refractivity contribution >= 4 is 5.78 Å². The molecule has 0 saturated heterocycles. The Bertz CT molecular complexity index is 546. The Hall–Kier alpha value is -0.890. The molecule has 21 heavy (non-hydrogen) atoms. The number of carbonyl (C=O) groups is 1. The van der Waals surface area contributed by atoms with Crippen molar-refractivity contribution in [1.82, 2.24) is 0 Å². The van der Waals surface area contributed by atoms with Crippen molar-refractivity contribution in [2.45, 2.75) is 58.5 Å². The molecule has 6 atom stereocenters. The van der Waals surface area contributed by atoms with E-state index in [1.807, 2.05) is 6.08 Å². The van der Waals surface area contributed by atoms with Gasteiger partial charge in [-0.3, -0.25) is 4.79 Å². The first kappa shape index (κ1) is 13.8. The van der Waals surface area contributed by atoms with Crippen LogP contribution in [0.15, 0.2) is 23.8 Å². The molecule has 2 heteroatoms. The number of ketones is 1. The molecule has 1 N–H and O–H groups in total. The molecule has 114 valence electrons. The topological polar surface area (TPSA) is 37.3 Å². The summed E-state index contributed by atoms with van der Waals surface area (Å²) in [6, 6.07) is 0. The van der Waals surface area contributed by atoms with Crippen molar-refractivity contribution in [3.8, 4) is 0 Å². The fraction of sp³-hybridized carbons (Fsp3) is 0.737. The summed E-state index contributed by atoms with van der Waals surface area (Å²) in [7, 11) is 0. The molecule has 0 spiro atoms. The van der Waals surface area contributed by atoms with Crippen molar-refractivity contribution in [3.63, 3.8) is 0 Å². The molecule has 0 aliphatic heterocycles. The Morgan fingerprint density at radius 2 is 2.05 bits per heavy atom. The summed E-state index contributed by atoms with van der Waals surface area (Å²) in [5.74, 6) is 2.41. The Morgan fingerprint density at radius 3 is 2.86 bits per heavy atom. The van der Waals surface area contributed by atoms with Crippen molar-refractivity contribution in [1.29, 1.82) is 0 Å². The smallest absolute Gasteiger partial charge is 0.139 e. The predicted octanol–water partition coefficient (Wildman–Crippen LogP) is 3.66. The summed E-state index contributed by atoms with van der Waals surface area (Å²) < 4.78 is 0. The molecule has 2 fully saturated rings. The van der Waals surface area contributed by atoms with Crippen molar-refractivity contribution in [2.75, 3.05) is 0 Å². The first-order chi connectivity index (χ1) is 9.95. The van der Waals surface area contributed by atoms with Gasteiger partial charge in [-0.05, 0) is 49.9 Å². The van der Waals surface area contributed by atoms with Crippen LogP contribution in [0.2, 0.25) is 0 Å². The highest BCUT2D eigenvalue weighted by Gasteiger charge is 2.57. The number of hydrogen-bond donors (Lipinski definition) is 1. The first-order valence-corrected chi connectivity index (χ1v) is 8.55. The van der Waals surface area contributed by atoms with E-state index < -0.39 is 0 Å². The maximum Gasteiger partial charge on any atom is 0.139 e. The van der Waals surface area contributed by atoms with E-state index in [0.29, 0.717) is 23.5 Å². The number of hydrogen-bond acceptors (Lipinski definition) is 2. The first-order valence-electron chi connectivity index (χ1n) is 8.55. The lowest BCUT2D eigenvalue weighted by Crippen LogP contribution is -2.49. The van der Waals surface area contributed by atoms with E-state index in [1.165, 1.54) is 5.57 Å². The van der Waals surface area contributed by atoms with Crippen LogP contribution in [0, 0.1) is 28.6 Å². The minimum absolute atomic E-state index is 0.0409. The maximum absolute atomic E-state index is 12.3. The van der Waals surface area contributed by atoms with Gasteiger partial charge in [0.15, 0.2) is 0 Å². The van der Waals surface area contributed by atoms with Gasteiger partial charge in [-0.2, -0.15) is 0 Å². The summed E-state index contributed by atoms with van der Waals surface area (Å²) in [6.45, 7) is 4.59. The van der Waals surface area contributed by atoms with Crippen LogP contribution in [-0.4, -0.2) is 17.0 Å².